The fourth-order valence-corrected chi connectivity index (χ4v) is 6.25. The Morgan fingerprint density at radius 1 is 0.463 bits per heavy atom. The first-order valence-electron chi connectivity index (χ1n) is 14.0. The Morgan fingerprint density at radius 2 is 0.829 bits per heavy atom. The third-order valence-corrected chi connectivity index (χ3v) is 8.58. The van der Waals surface area contributed by atoms with Crippen LogP contribution in [-0.2, 0) is 26.2 Å². The predicted molar refractivity (Wildman–Crippen MR) is 172 cm³/mol. The number of rotatable bonds is 2. The van der Waals surface area contributed by atoms with Gasteiger partial charge in [0.25, 0.3) is 0 Å². The maximum absolute atomic E-state index is 2.37. The van der Waals surface area contributed by atoms with Gasteiger partial charge < -0.3 is 9.13 Å². The van der Waals surface area contributed by atoms with E-state index in [-0.39, 0.29) is 26.2 Å². The molecule has 2 nitrogen and oxygen atoms in total. The Hall–Kier alpha value is -3.94. The van der Waals surface area contributed by atoms with E-state index in [9.17, 15) is 0 Å². The number of aryl methyl sites for hydroxylation is 2. The third kappa shape index (κ3) is 4.53. The van der Waals surface area contributed by atoms with E-state index in [1.54, 1.807) is 0 Å². The van der Waals surface area contributed by atoms with Gasteiger partial charge in [0.05, 0.1) is 11.0 Å². The Balaban J connectivity index is 0.000000144. The van der Waals surface area contributed by atoms with Crippen molar-refractivity contribution < 1.29 is 26.2 Å². The topological polar surface area (TPSA) is 9.86 Å². The zero-order valence-electron chi connectivity index (χ0n) is 23.9. The number of hydrogen-bond donors (Lipinski definition) is 0. The largest absolute Gasteiger partial charge is 2.00 e. The average Bonchev–Trinajstić information content (AvgIpc) is 3.72. The molecule has 0 unspecified atom stereocenters. The summed E-state index contributed by atoms with van der Waals surface area (Å²) in [6.07, 6.45) is 0. The minimum Gasteiger partial charge on any atom is -0.332 e. The standard InChI is InChI=1S/2C19H16N.Zr/c2*1-13-14(2)20(19-10-6-5-9-18(13)19)17-11-15-7-3-4-8-16(15)12-17;/h2*3-12H,1-2H3;/q2*-1;+2. The van der Waals surface area contributed by atoms with Gasteiger partial charge in [-0.15, -0.1) is 82.2 Å². The van der Waals surface area contributed by atoms with Crippen LogP contribution in [0.4, 0.5) is 0 Å². The molecule has 0 aliphatic heterocycles. The summed E-state index contributed by atoms with van der Waals surface area (Å²) in [5.74, 6) is 0. The molecule has 0 aliphatic rings. The van der Waals surface area contributed by atoms with E-state index < -0.39 is 0 Å². The second kappa shape index (κ2) is 10.8. The Bertz CT molecular complexity index is 1940. The van der Waals surface area contributed by atoms with E-state index in [4.69, 9.17) is 0 Å². The Kier molecular flexibility index (Phi) is 7.18. The van der Waals surface area contributed by atoms with Crippen molar-refractivity contribution in [2.45, 2.75) is 27.7 Å². The van der Waals surface area contributed by atoms with Gasteiger partial charge in [0.1, 0.15) is 0 Å². The number of benzene rings is 4. The molecule has 0 aliphatic carbocycles. The van der Waals surface area contributed by atoms with Crippen molar-refractivity contribution in [3.63, 3.8) is 0 Å². The molecule has 0 N–H and O–H groups in total. The smallest absolute Gasteiger partial charge is 0.332 e. The normalized spacial score (nSPS) is 11.2. The second-order valence-corrected chi connectivity index (χ2v) is 10.8. The van der Waals surface area contributed by atoms with E-state index in [0.29, 0.717) is 0 Å². The molecule has 0 saturated carbocycles. The molecule has 3 heteroatoms. The molecular weight excluding hydrogens is 576 g/mol. The van der Waals surface area contributed by atoms with Crippen LogP contribution in [-0.4, -0.2) is 9.13 Å². The van der Waals surface area contributed by atoms with Crippen molar-refractivity contribution in [3.05, 3.63) is 144 Å². The van der Waals surface area contributed by atoms with Gasteiger partial charge >= 0.3 is 26.2 Å². The van der Waals surface area contributed by atoms with Gasteiger partial charge in [-0.05, 0) is 62.3 Å². The summed E-state index contributed by atoms with van der Waals surface area (Å²) in [5.41, 5.74) is 10.5. The third-order valence-electron chi connectivity index (χ3n) is 8.58. The fourth-order valence-electron chi connectivity index (χ4n) is 6.25. The SMILES string of the molecule is Cc1c(C)n(-c2cc3ccccc3[cH-]2)c2ccccc12.Cc1c(C)n(-c2cc3ccccc3[cH-]2)c2ccccc12.[Zr+2]. The van der Waals surface area contributed by atoms with E-state index in [1.165, 1.54) is 77.2 Å². The number of para-hydroxylation sites is 2. The van der Waals surface area contributed by atoms with E-state index in [0.717, 1.165) is 0 Å². The summed E-state index contributed by atoms with van der Waals surface area (Å²) in [6.45, 7) is 8.81. The summed E-state index contributed by atoms with van der Waals surface area (Å²) in [5, 5.41) is 7.90. The van der Waals surface area contributed by atoms with Crippen molar-refractivity contribution in [2.75, 3.05) is 0 Å². The molecule has 8 aromatic rings. The van der Waals surface area contributed by atoms with Crippen molar-refractivity contribution in [1.82, 2.24) is 9.13 Å². The average molecular weight is 608 g/mol. The quantitative estimate of drug-likeness (QED) is 0.173. The molecule has 0 spiro atoms. The van der Waals surface area contributed by atoms with Crippen molar-refractivity contribution in [2.24, 2.45) is 0 Å². The molecule has 198 valence electrons. The zero-order valence-corrected chi connectivity index (χ0v) is 26.4. The van der Waals surface area contributed by atoms with Gasteiger partial charge in [-0.2, -0.15) is 0 Å². The van der Waals surface area contributed by atoms with Crippen LogP contribution < -0.4 is 0 Å². The van der Waals surface area contributed by atoms with Crippen LogP contribution >= 0.6 is 0 Å². The van der Waals surface area contributed by atoms with Gasteiger partial charge in [-0.3, -0.25) is 0 Å². The summed E-state index contributed by atoms with van der Waals surface area (Å²) in [7, 11) is 0. The van der Waals surface area contributed by atoms with Gasteiger partial charge in [0.2, 0.25) is 0 Å². The van der Waals surface area contributed by atoms with Crippen LogP contribution in [0.2, 0.25) is 0 Å². The number of nitrogens with zero attached hydrogens (tertiary/aromatic N) is 2. The van der Waals surface area contributed by atoms with Crippen LogP contribution in [0.1, 0.15) is 22.5 Å². The molecule has 8 rings (SSSR count). The van der Waals surface area contributed by atoms with Crippen LogP contribution in [0.5, 0.6) is 0 Å². The van der Waals surface area contributed by atoms with Crippen molar-refractivity contribution in [3.8, 4) is 11.4 Å². The Morgan fingerprint density at radius 3 is 1.24 bits per heavy atom. The second-order valence-electron chi connectivity index (χ2n) is 10.8. The van der Waals surface area contributed by atoms with Crippen LogP contribution in [0, 0.1) is 27.7 Å². The first-order valence-corrected chi connectivity index (χ1v) is 14.0. The maximum Gasteiger partial charge on any atom is 2.00 e. The minimum atomic E-state index is 0. The van der Waals surface area contributed by atoms with Crippen LogP contribution in [0.25, 0.3) is 54.7 Å². The molecule has 2 aromatic heterocycles. The van der Waals surface area contributed by atoms with Crippen molar-refractivity contribution in [1.29, 1.82) is 0 Å². The van der Waals surface area contributed by atoms with Gasteiger partial charge in [0, 0.05) is 22.2 Å². The number of fused-ring (bicyclic) bond motifs is 4. The van der Waals surface area contributed by atoms with Crippen molar-refractivity contribution >= 4 is 43.4 Å². The number of aromatic nitrogens is 2. The van der Waals surface area contributed by atoms with E-state index in [2.05, 4.69) is 158 Å². The fraction of sp³-hybridized carbons (Fsp3) is 0.105. The van der Waals surface area contributed by atoms with E-state index >= 15 is 0 Å². The van der Waals surface area contributed by atoms with Gasteiger partial charge in [0.15, 0.2) is 0 Å². The van der Waals surface area contributed by atoms with Crippen LogP contribution in [0.15, 0.2) is 121 Å². The summed E-state index contributed by atoms with van der Waals surface area (Å²) >= 11 is 0. The molecule has 0 radical (unpaired) electrons. The molecule has 0 saturated heterocycles. The molecule has 41 heavy (non-hydrogen) atoms. The van der Waals surface area contributed by atoms with Gasteiger partial charge in [-0.1, -0.05) is 48.5 Å². The first kappa shape index (κ1) is 27.2. The number of hydrogen-bond acceptors (Lipinski definition) is 0. The zero-order chi connectivity index (χ0) is 27.4. The molecule has 0 fully saturated rings. The first-order chi connectivity index (χ1) is 19.5. The molecule has 0 amide bonds. The molecule has 2 heterocycles. The summed E-state index contributed by atoms with van der Waals surface area (Å²) in [4.78, 5) is 0. The predicted octanol–water partition coefficient (Wildman–Crippen LogP) is 10.2. The Labute approximate surface area is 260 Å². The molecule has 6 aromatic carbocycles. The van der Waals surface area contributed by atoms with Gasteiger partial charge in [-0.25, -0.2) is 0 Å². The summed E-state index contributed by atoms with van der Waals surface area (Å²) < 4.78 is 4.73. The monoisotopic (exact) mass is 606 g/mol. The molecule has 0 bridgehead atoms. The molecular formula is C38H32N2Zr. The summed E-state index contributed by atoms with van der Waals surface area (Å²) in [6, 6.07) is 43.4. The minimum absolute atomic E-state index is 0. The maximum atomic E-state index is 2.37. The molecule has 0 atom stereocenters. The van der Waals surface area contributed by atoms with Crippen LogP contribution in [0.3, 0.4) is 0 Å². The van der Waals surface area contributed by atoms with E-state index in [1.807, 2.05) is 0 Å².